The minimum atomic E-state index is -0.945. The first kappa shape index (κ1) is 24.0. The molecular formula is C21H29N3O7. The third-order valence-corrected chi connectivity index (χ3v) is 4.73. The molecule has 1 atom stereocenters. The van der Waals surface area contributed by atoms with Crippen LogP contribution in [0.3, 0.4) is 0 Å². The van der Waals surface area contributed by atoms with Crippen molar-refractivity contribution in [2.24, 2.45) is 0 Å². The molecule has 0 aliphatic carbocycles. The van der Waals surface area contributed by atoms with Crippen molar-refractivity contribution in [3.05, 3.63) is 39.1 Å². The maximum absolute atomic E-state index is 12.6. The van der Waals surface area contributed by atoms with E-state index in [0.29, 0.717) is 24.3 Å². The van der Waals surface area contributed by atoms with Crippen LogP contribution in [0.25, 0.3) is 0 Å². The molecule has 2 N–H and O–H groups in total. The quantitative estimate of drug-likeness (QED) is 0.234. The van der Waals surface area contributed by atoms with Gasteiger partial charge in [0, 0.05) is 11.8 Å². The average Bonchev–Trinajstić information content (AvgIpc) is 2.73. The number of benzene rings is 1. The number of urea groups is 1. The highest BCUT2D eigenvalue weighted by atomic mass is 16.6. The molecule has 0 saturated heterocycles. The summed E-state index contributed by atoms with van der Waals surface area (Å²) in [6.45, 7) is 6.00. The summed E-state index contributed by atoms with van der Waals surface area (Å²) in [5, 5.41) is 16.9. The Morgan fingerprint density at radius 1 is 1.19 bits per heavy atom. The van der Waals surface area contributed by atoms with Crippen LogP contribution >= 0.6 is 0 Å². The van der Waals surface area contributed by atoms with Crippen LogP contribution in [0.2, 0.25) is 0 Å². The number of carbonyl (C=O) groups excluding carboxylic acids is 2. The Hall–Kier alpha value is -3.30. The molecule has 10 heteroatoms. The van der Waals surface area contributed by atoms with E-state index < -0.39 is 23.0 Å². The van der Waals surface area contributed by atoms with Gasteiger partial charge in [0.1, 0.15) is 0 Å². The normalized spacial score (nSPS) is 15.7. The monoisotopic (exact) mass is 435 g/mol. The van der Waals surface area contributed by atoms with E-state index in [0.717, 1.165) is 19.3 Å². The van der Waals surface area contributed by atoms with Gasteiger partial charge in [-0.3, -0.25) is 10.1 Å². The van der Waals surface area contributed by atoms with Gasteiger partial charge in [-0.05, 0) is 31.4 Å². The first-order valence-corrected chi connectivity index (χ1v) is 10.3. The van der Waals surface area contributed by atoms with Gasteiger partial charge in [-0.25, -0.2) is 9.59 Å². The number of ether oxygens (including phenoxy) is 3. The van der Waals surface area contributed by atoms with Gasteiger partial charge in [0.15, 0.2) is 5.75 Å². The summed E-state index contributed by atoms with van der Waals surface area (Å²) in [4.78, 5) is 35.9. The Balaban J connectivity index is 2.50. The summed E-state index contributed by atoms with van der Waals surface area (Å²) in [6.07, 6.45) is 3.30. The minimum Gasteiger partial charge on any atom is -0.493 e. The number of unbranched alkanes of at least 4 members (excludes halogenated alkanes) is 2. The Bertz CT molecular complexity index is 867. The van der Waals surface area contributed by atoms with Crippen molar-refractivity contribution in [3.8, 4) is 11.5 Å². The summed E-state index contributed by atoms with van der Waals surface area (Å²) in [5.41, 5.74) is 0.483. The number of carbonyl (C=O) groups is 2. The maximum atomic E-state index is 12.6. The number of nitrogens with one attached hydrogen (secondary N) is 2. The van der Waals surface area contributed by atoms with Gasteiger partial charge in [-0.15, -0.1) is 0 Å². The molecule has 1 aromatic carbocycles. The van der Waals surface area contributed by atoms with Crippen LogP contribution in [0.1, 0.15) is 58.1 Å². The summed E-state index contributed by atoms with van der Waals surface area (Å²) in [6, 6.07) is 1.34. The predicted octanol–water partition coefficient (Wildman–Crippen LogP) is 3.75. The lowest BCUT2D eigenvalue weighted by molar-refractivity contribution is -0.386. The van der Waals surface area contributed by atoms with E-state index in [-0.39, 0.29) is 29.4 Å². The molecule has 0 bridgehead atoms. The maximum Gasteiger partial charge on any atom is 0.338 e. The summed E-state index contributed by atoms with van der Waals surface area (Å²) in [5.74, 6) is -0.450. The predicted molar refractivity (Wildman–Crippen MR) is 113 cm³/mol. The number of hydrogen-bond acceptors (Lipinski definition) is 7. The molecule has 1 aromatic rings. The number of rotatable bonds is 11. The van der Waals surface area contributed by atoms with E-state index in [9.17, 15) is 19.7 Å². The van der Waals surface area contributed by atoms with Gasteiger partial charge in [0.05, 0.1) is 36.9 Å². The van der Waals surface area contributed by atoms with Gasteiger partial charge in [-0.2, -0.15) is 0 Å². The largest absolute Gasteiger partial charge is 0.493 e. The lowest BCUT2D eigenvalue weighted by Crippen LogP contribution is -2.45. The van der Waals surface area contributed by atoms with Crippen LogP contribution in [-0.2, 0) is 9.53 Å². The van der Waals surface area contributed by atoms with Crippen LogP contribution in [0.15, 0.2) is 23.4 Å². The Morgan fingerprint density at radius 2 is 1.94 bits per heavy atom. The molecule has 1 heterocycles. The highest BCUT2D eigenvalue weighted by Crippen LogP contribution is 2.41. The number of nitro groups is 1. The van der Waals surface area contributed by atoms with Crippen LogP contribution in [0.5, 0.6) is 11.5 Å². The van der Waals surface area contributed by atoms with Crippen molar-refractivity contribution in [1.82, 2.24) is 10.6 Å². The zero-order valence-electron chi connectivity index (χ0n) is 18.3. The van der Waals surface area contributed by atoms with Crippen LogP contribution in [0, 0.1) is 10.1 Å². The third-order valence-electron chi connectivity index (χ3n) is 4.73. The zero-order chi connectivity index (χ0) is 23.0. The molecule has 0 fully saturated rings. The Labute approximate surface area is 181 Å². The van der Waals surface area contributed by atoms with Gasteiger partial charge in [0.25, 0.3) is 0 Å². The second kappa shape index (κ2) is 11.2. The SMILES string of the molecule is CCCCCOc1c(OC)cc(C2NC(=O)NC(C)=C2C(=O)OCCC)cc1[N+](=O)[O-]. The van der Waals surface area contributed by atoms with E-state index in [1.165, 1.54) is 19.2 Å². The highest BCUT2D eigenvalue weighted by molar-refractivity contribution is 5.95. The van der Waals surface area contributed by atoms with Gasteiger partial charge in [0.2, 0.25) is 5.75 Å². The van der Waals surface area contributed by atoms with E-state index in [1.54, 1.807) is 6.92 Å². The van der Waals surface area contributed by atoms with Gasteiger partial charge < -0.3 is 24.8 Å². The van der Waals surface area contributed by atoms with Crippen molar-refractivity contribution in [3.63, 3.8) is 0 Å². The molecule has 1 aliphatic rings. The van der Waals surface area contributed by atoms with Crippen LogP contribution < -0.4 is 20.1 Å². The molecule has 0 saturated carbocycles. The second-order valence-corrected chi connectivity index (χ2v) is 7.09. The number of esters is 1. The molecule has 10 nitrogen and oxygen atoms in total. The van der Waals surface area contributed by atoms with Crippen LogP contribution in [-0.4, -0.2) is 37.2 Å². The van der Waals surface area contributed by atoms with Crippen molar-refractivity contribution in [2.75, 3.05) is 20.3 Å². The van der Waals surface area contributed by atoms with Crippen LogP contribution in [0.4, 0.5) is 10.5 Å². The Morgan fingerprint density at radius 3 is 2.55 bits per heavy atom. The van der Waals surface area contributed by atoms with Crippen molar-refractivity contribution in [1.29, 1.82) is 0 Å². The fourth-order valence-corrected chi connectivity index (χ4v) is 3.22. The highest BCUT2D eigenvalue weighted by Gasteiger charge is 2.35. The fraction of sp³-hybridized carbons (Fsp3) is 0.524. The van der Waals surface area contributed by atoms with Gasteiger partial charge >= 0.3 is 17.7 Å². The lowest BCUT2D eigenvalue weighted by atomic mass is 9.94. The molecule has 170 valence electrons. The molecule has 2 rings (SSSR count). The molecule has 31 heavy (non-hydrogen) atoms. The number of methoxy groups -OCH3 is 1. The average molecular weight is 435 g/mol. The first-order chi connectivity index (χ1) is 14.8. The standard InChI is InChI=1S/C21H29N3O7/c1-5-7-8-10-30-19-15(24(27)28)11-14(12-16(19)29-4)18-17(20(25)31-9-6-2)13(3)22-21(26)23-18/h11-12,18H,5-10H2,1-4H3,(H2,22,23,26). The molecular weight excluding hydrogens is 406 g/mol. The van der Waals surface area contributed by atoms with E-state index in [1.807, 2.05) is 13.8 Å². The summed E-state index contributed by atoms with van der Waals surface area (Å²) < 4.78 is 16.3. The molecule has 2 amide bonds. The molecule has 0 spiro atoms. The fourth-order valence-electron chi connectivity index (χ4n) is 3.22. The number of nitrogens with zero attached hydrogens (tertiary/aromatic N) is 1. The van der Waals surface area contributed by atoms with Crippen molar-refractivity contribution < 1.29 is 28.7 Å². The number of allylic oxidation sites excluding steroid dienone is 1. The summed E-state index contributed by atoms with van der Waals surface area (Å²) >= 11 is 0. The molecule has 1 aliphatic heterocycles. The number of hydrogen-bond donors (Lipinski definition) is 2. The second-order valence-electron chi connectivity index (χ2n) is 7.09. The Kier molecular flexibility index (Phi) is 8.65. The summed E-state index contributed by atoms with van der Waals surface area (Å²) in [7, 11) is 1.38. The van der Waals surface area contributed by atoms with E-state index >= 15 is 0 Å². The minimum absolute atomic E-state index is 0.0171. The topological polar surface area (TPSA) is 129 Å². The number of nitro benzene ring substituents is 1. The van der Waals surface area contributed by atoms with Crippen molar-refractivity contribution >= 4 is 17.7 Å². The number of amides is 2. The van der Waals surface area contributed by atoms with E-state index in [2.05, 4.69) is 10.6 Å². The zero-order valence-corrected chi connectivity index (χ0v) is 18.3. The van der Waals surface area contributed by atoms with E-state index in [4.69, 9.17) is 14.2 Å². The smallest absolute Gasteiger partial charge is 0.338 e. The molecule has 0 aromatic heterocycles. The molecule has 1 unspecified atom stereocenters. The third kappa shape index (κ3) is 5.87. The lowest BCUT2D eigenvalue weighted by Gasteiger charge is -2.28. The first-order valence-electron chi connectivity index (χ1n) is 10.3. The van der Waals surface area contributed by atoms with Crippen molar-refractivity contribution in [2.45, 2.75) is 52.5 Å². The molecule has 0 radical (unpaired) electrons. The van der Waals surface area contributed by atoms with Gasteiger partial charge in [-0.1, -0.05) is 26.7 Å².